The number of thioether (sulfide) groups is 1. The Kier molecular flexibility index (Phi) is 5.74. The van der Waals surface area contributed by atoms with Gasteiger partial charge in [0, 0.05) is 16.3 Å². The fourth-order valence-corrected chi connectivity index (χ4v) is 2.07. The maximum absolute atomic E-state index is 13.0. The molecule has 3 nitrogen and oxygen atoms in total. The van der Waals surface area contributed by atoms with Crippen molar-refractivity contribution in [2.75, 3.05) is 18.1 Å². The van der Waals surface area contributed by atoms with Crippen LogP contribution < -0.4 is 5.73 Å². The first-order valence-electron chi connectivity index (χ1n) is 5.46. The van der Waals surface area contributed by atoms with Crippen molar-refractivity contribution in [1.29, 1.82) is 0 Å². The Bertz CT molecular complexity index is 360. The standard InChI is InChI=1S/C12H18FNO2S/c1-8(2)16-6-10(15)7-17-12-5-9(13)3-4-11(12)14/h3-5,8,10,15H,6-7,14H2,1-2H3. The number of anilines is 1. The summed E-state index contributed by atoms with van der Waals surface area (Å²) in [7, 11) is 0. The van der Waals surface area contributed by atoms with Gasteiger partial charge < -0.3 is 15.6 Å². The van der Waals surface area contributed by atoms with Crippen LogP contribution in [0, 0.1) is 5.82 Å². The van der Waals surface area contributed by atoms with Gasteiger partial charge in [-0.15, -0.1) is 11.8 Å². The molecule has 1 atom stereocenters. The zero-order valence-electron chi connectivity index (χ0n) is 10.0. The molecule has 0 spiro atoms. The third kappa shape index (κ3) is 5.39. The maximum atomic E-state index is 13.0. The Hall–Kier alpha value is -0.780. The van der Waals surface area contributed by atoms with Crippen LogP contribution in [0.15, 0.2) is 23.1 Å². The monoisotopic (exact) mass is 259 g/mol. The van der Waals surface area contributed by atoms with Crippen molar-refractivity contribution in [3.05, 3.63) is 24.0 Å². The maximum Gasteiger partial charge on any atom is 0.124 e. The normalized spacial score (nSPS) is 13.0. The quantitative estimate of drug-likeness (QED) is 0.608. The van der Waals surface area contributed by atoms with Crippen molar-refractivity contribution >= 4 is 17.4 Å². The number of nitrogens with two attached hydrogens (primary N) is 1. The molecule has 17 heavy (non-hydrogen) atoms. The molecule has 0 bridgehead atoms. The van der Waals surface area contributed by atoms with Crippen LogP contribution >= 0.6 is 11.8 Å². The first-order chi connectivity index (χ1) is 7.99. The van der Waals surface area contributed by atoms with Gasteiger partial charge in [0.1, 0.15) is 5.82 Å². The van der Waals surface area contributed by atoms with Crippen LogP contribution in [0.25, 0.3) is 0 Å². The van der Waals surface area contributed by atoms with Crippen LogP contribution in [0.4, 0.5) is 10.1 Å². The van der Waals surface area contributed by atoms with E-state index in [-0.39, 0.29) is 18.5 Å². The Morgan fingerprint density at radius 3 is 2.82 bits per heavy atom. The summed E-state index contributed by atoms with van der Waals surface area (Å²) in [6, 6.07) is 4.21. The van der Waals surface area contributed by atoms with E-state index in [0.717, 1.165) is 0 Å². The van der Waals surface area contributed by atoms with Crippen molar-refractivity contribution in [3.63, 3.8) is 0 Å². The number of aliphatic hydroxyl groups is 1. The molecule has 1 rings (SSSR count). The number of hydrogen-bond donors (Lipinski definition) is 2. The molecule has 5 heteroatoms. The lowest BCUT2D eigenvalue weighted by Crippen LogP contribution is -2.20. The molecule has 0 heterocycles. The van der Waals surface area contributed by atoms with Gasteiger partial charge in [0.15, 0.2) is 0 Å². The van der Waals surface area contributed by atoms with Crippen molar-refractivity contribution in [3.8, 4) is 0 Å². The van der Waals surface area contributed by atoms with Crippen molar-refractivity contribution in [1.82, 2.24) is 0 Å². The number of rotatable bonds is 6. The highest BCUT2D eigenvalue weighted by Crippen LogP contribution is 2.26. The summed E-state index contributed by atoms with van der Waals surface area (Å²) in [6.07, 6.45) is -0.487. The molecular formula is C12H18FNO2S. The van der Waals surface area contributed by atoms with Gasteiger partial charge in [0.25, 0.3) is 0 Å². The minimum absolute atomic E-state index is 0.0916. The van der Waals surface area contributed by atoms with Crippen molar-refractivity contribution in [2.45, 2.75) is 31.0 Å². The highest BCUT2D eigenvalue weighted by Gasteiger charge is 2.08. The number of hydrogen-bond acceptors (Lipinski definition) is 4. The Morgan fingerprint density at radius 1 is 1.47 bits per heavy atom. The first-order valence-corrected chi connectivity index (χ1v) is 6.45. The molecule has 3 N–H and O–H groups in total. The minimum Gasteiger partial charge on any atom is -0.398 e. The fourth-order valence-electron chi connectivity index (χ4n) is 1.17. The number of halogens is 1. The molecule has 0 saturated heterocycles. The Balaban J connectivity index is 2.41. The highest BCUT2D eigenvalue weighted by atomic mass is 32.2. The molecule has 0 radical (unpaired) electrons. The van der Waals surface area contributed by atoms with E-state index in [1.165, 1.54) is 30.0 Å². The molecule has 96 valence electrons. The van der Waals surface area contributed by atoms with Gasteiger partial charge in [-0.3, -0.25) is 0 Å². The van der Waals surface area contributed by atoms with Crippen molar-refractivity contribution < 1.29 is 14.2 Å². The molecule has 0 saturated carbocycles. The smallest absolute Gasteiger partial charge is 0.124 e. The topological polar surface area (TPSA) is 55.5 Å². The van der Waals surface area contributed by atoms with Crippen LogP contribution in [0.1, 0.15) is 13.8 Å². The summed E-state index contributed by atoms with van der Waals surface area (Å²) in [5.41, 5.74) is 6.22. The molecule has 0 aliphatic carbocycles. The average Bonchev–Trinajstić information content (AvgIpc) is 2.27. The summed E-state index contributed by atoms with van der Waals surface area (Å²) in [5.74, 6) is 0.107. The highest BCUT2D eigenvalue weighted by molar-refractivity contribution is 7.99. The zero-order chi connectivity index (χ0) is 12.8. The Labute approximate surface area is 105 Å². The second-order valence-electron chi connectivity index (χ2n) is 4.03. The average molecular weight is 259 g/mol. The van der Waals surface area contributed by atoms with Crippen LogP contribution in [-0.2, 0) is 4.74 Å². The molecular weight excluding hydrogens is 241 g/mol. The molecule has 0 aromatic heterocycles. The van der Waals surface area contributed by atoms with E-state index in [4.69, 9.17) is 10.5 Å². The summed E-state index contributed by atoms with van der Waals surface area (Å²) < 4.78 is 18.2. The second-order valence-corrected chi connectivity index (χ2v) is 5.09. The van der Waals surface area contributed by atoms with Gasteiger partial charge in [-0.05, 0) is 32.0 Å². The van der Waals surface area contributed by atoms with E-state index in [1.807, 2.05) is 13.8 Å². The lowest BCUT2D eigenvalue weighted by Gasteiger charge is -2.13. The Morgan fingerprint density at radius 2 is 2.18 bits per heavy atom. The van der Waals surface area contributed by atoms with Gasteiger partial charge in [-0.1, -0.05) is 0 Å². The van der Waals surface area contributed by atoms with Gasteiger partial charge in [-0.2, -0.15) is 0 Å². The lowest BCUT2D eigenvalue weighted by molar-refractivity contribution is 0.0152. The molecule has 0 aliphatic rings. The summed E-state index contributed by atoms with van der Waals surface area (Å²) in [4.78, 5) is 0.647. The fraction of sp³-hybridized carbons (Fsp3) is 0.500. The van der Waals surface area contributed by atoms with Crippen LogP contribution in [0.2, 0.25) is 0 Å². The lowest BCUT2D eigenvalue weighted by atomic mass is 10.3. The number of ether oxygens (including phenoxy) is 1. The van der Waals surface area contributed by atoms with Gasteiger partial charge >= 0.3 is 0 Å². The number of aliphatic hydroxyl groups excluding tert-OH is 1. The van der Waals surface area contributed by atoms with E-state index in [2.05, 4.69) is 0 Å². The minimum atomic E-state index is -0.579. The van der Waals surface area contributed by atoms with Crippen LogP contribution in [0.3, 0.4) is 0 Å². The van der Waals surface area contributed by atoms with Gasteiger partial charge in [-0.25, -0.2) is 4.39 Å². The van der Waals surface area contributed by atoms with Crippen LogP contribution in [0.5, 0.6) is 0 Å². The van der Waals surface area contributed by atoms with Crippen LogP contribution in [-0.4, -0.2) is 29.7 Å². The third-order valence-electron chi connectivity index (χ3n) is 2.03. The second kappa shape index (κ2) is 6.83. The molecule has 0 amide bonds. The predicted molar refractivity (Wildman–Crippen MR) is 68.6 cm³/mol. The van der Waals surface area contributed by atoms with Crippen molar-refractivity contribution in [2.24, 2.45) is 0 Å². The van der Waals surface area contributed by atoms with E-state index >= 15 is 0 Å². The van der Waals surface area contributed by atoms with E-state index in [1.54, 1.807) is 0 Å². The molecule has 0 aliphatic heterocycles. The molecule has 0 fully saturated rings. The van der Waals surface area contributed by atoms with Gasteiger partial charge in [0.2, 0.25) is 0 Å². The number of benzene rings is 1. The SMILES string of the molecule is CC(C)OCC(O)CSc1cc(F)ccc1N. The first kappa shape index (κ1) is 14.3. The van der Waals surface area contributed by atoms with E-state index in [9.17, 15) is 9.50 Å². The molecule has 1 aromatic carbocycles. The molecule has 1 unspecified atom stereocenters. The predicted octanol–water partition coefficient (Wildman–Crippen LogP) is 2.29. The summed E-state index contributed by atoms with van der Waals surface area (Å²) in [6.45, 7) is 4.09. The third-order valence-corrected chi connectivity index (χ3v) is 3.24. The van der Waals surface area contributed by atoms with E-state index in [0.29, 0.717) is 16.3 Å². The van der Waals surface area contributed by atoms with E-state index < -0.39 is 6.10 Å². The zero-order valence-corrected chi connectivity index (χ0v) is 10.8. The largest absolute Gasteiger partial charge is 0.398 e. The molecule has 1 aromatic rings. The number of nitrogen functional groups attached to an aromatic ring is 1. The summed E-state index contributed by atoms with van der Waals surface area (Å²) >= 11 is 1.33. The summed E-state index contributed by atoms with van der Waals surface area (Å²) in [5, 5.41) is 9.64. The van der Waals surface area contributed by atoms with Gasteiger partial charge in [0.05, 0.1) is 18.8 Å².